The Hall–Kier alpha value is -3.24. The summed E-state index contributed by atoms with van der Waals surface area (Å²) < 4.78 is 80.9. The summed E-state index contributed by atoms with van der Waals surface area (Å²) in [5, 5.41) is 2.25. The molecule has 0 aliphatic rings. The van der Waals surface area contributed by atoms with Gasteiger partial charge in [0.05, 0.1) is 17.0 Å². The van der Waals surface area contributed by atoms with Gasteiger partial charge in [0, 0.05) is 12.2 Å². The van der Waals surface area contributed by atoms with E-state index in [0.29, 0.717) is 28.8 Å². The quantitative estimate of drug-likeness (QED) is 0.423. The first-order chi connectivity index (χ1) is 16.3. The molecular weight excluding hydrogens is 484 g/mol. The summed E-state index contributed by atoms with van der Waals surface area (Å²) >= 11 is 0. The Kier molecular flexibility index (Phi) is 7.66. The van der Waals surface area contributed by atoms with Gasteiger partial charge in [0.2, 0.25) is 15.9 Å². The van der Waals surface area contributed by atoms with Crippen molar-refractivity contribution in [2.75, 3.05) is 11.9 Å². The molecule has 0 aromatic heterocycles. The van der Waals surface area contributed by atoms with Crippen LogP contribution < -0.4 is 5.32 Å². The number of nitrogens with one attached hydrogen (secondary N) is 1. The van der Waals surface area contributed by atoms with Gasteiger partial charge in [-0.25, -0.2) is 12.8 Å². The Morgan fingerprint density at radius 2 is 1.54 bits per heavy atom. The van der Waals surface area contributed by atoms with Gasteiger partial charge in [-0.2, -0.15) is 17.5 Å². The average Bonchev–Trinajstić information content (AvgIpc) is 2.73. The Morgan fingerprint density at radius 3 is 2.11 bits per heavy atom. The molecule has 0 aliphatic carbocycles. The fourth-order valence-corrected chi connectivity index (χ4v) is 5.69. The van der Waals surface area contributed by atoms with Crippen molar-refractivity contribution in [2.45, 2.75) is 38.4 Å². The highest BCUT2D eigenvalue weighted by Gasteiger charge is 2.35. The van der Waals surface area contributed by atoms with Crippen molar-refractivity contribution in [2.24, 2.45) is 0 Å². The molecule has 3 aromatic carbocycles. The minimum Gasteiger partial charge on any atom is -0.325 e. The van der Waals surface area contributed by atoms with E-state index in [1.165, 1.54) is 0 Å². The molecule has 0 spiro atoms. The molecule has 0 atom stereocenters. The Labute approximate surface area is 201 Å². The normalized spacial score (nSPS) is 12.1. The second-order valence-corrected chi connectivity index (χ2v) is 10.1. The number of anilines is 1. The lowest BCUT2D eigenvalue weighted by atomic mass is 10.1. The Bertz CT molecular complexity index is 1320. The number of hydrogen-bond acceptors (Lipinski definition) is 3. The number of sulfonamides is 1. The molecule has 0 bridgehead atoms. The lowest BCUT2D eigenvalue weighted by Gasteiger charge is -2.24. The number of amides is 1. The fourth-order valence-electron chi connectivity index (χ4n) is 3.90. The van der Waals surface area contributed by atoms with Crippen LogP contribution in [-0.2, 0) is 27.5 Å². The monoisotopic (exact) mass is 508 g/mol. The van der Waals surface area contributed by atoms with E-state index < -0.39 is 40.0 Å². The van der Waals surface area contributed by atoms with Crippen molar-refractivity contribution in [3.8, 4) is 0 Å². The number of benzene rings is 3. The van der Waals surface area contributed by atoms with Crippen molar-refractivity contribution in [1.82, 2.24) is 4.31 Å². The van der Waals surface area contributed by atoms with E-state index in [2.05, 4.69) is 5.32 Å². The van der Waals surface area contributed by atoms with Crippen LogP contribution in [0.5, 0.6) is 0 Å². The highest BCUT2D eigenvalue weighted by molar-refractivity contribution is 7.89. The summed E-state index contributed by atoms with van der Waals surface area (Å²) in [6.45, 7) is 4.35. The molecule has 3 aromatic rings. The third kappa shape index (κ3) is 6.26. The average molecular weight is 509 g/mol. The zero-order chi connectivity index (χ0) is 26.0. The topological polar surface area (TPSA) is 66.5 Å². The number of rotatable bonds is 7. The number of alkyl halides is 3. The van der Waals surface area contributed by atoms with Gasteiger partial charge in [-0.15, -0.1) is 0 Å². The molecule has 0 saturated heterocycles. The Morgan fingerprint density at radius 1 is 0.943 bits per heavy atom. The van der Waals surface area contributed by atoms with Crippen molar-refractivity contribution in [1.29, 1.82) is 0 Å². The van der Waals surface area contributed by atoms with Crippen LogP contribution in [0.1, 0.15) is 27.8 Å². The molecule has 35 heavy (non-hydrogen) atoms. The molecule has 0 saturated carbocycles. The molecule has 3 rings (SSSR count). The van der Waals surface area contributed by atoms with Gasteiger partial charge < -0.3 is 5.32 Å². The van der Waals surface area contributed by atoms with Crippen LogP contribution in [0.15, 0.2) is 65.6 Å². The maximum Gasteiger partial charge on any atom is 0.419 e. The molecule has 1 amide bonds. The standard InChI is InChI=1S/C25H24F4N2O3S/c1-16-11-17(2)24(18(3)12-16)35(33,34)31(14-19-7-5-4-6-8-19)15-23(32)30-20-9-10-22(26)21(13-20)25(27,28)29/h4-13H,14-15H2,1-3H3,(H,30,32). The summed E-state index contributed by atoms with van der Waals surface area (Å²) in [6, 6.07) is 14.1. The smallest absolute Gasteiger partial charge is 0.325 e. The second kappa shape index (κ2) is 10.2. The molecule has 5 nitrogen and oxygen atoms in total. The van der Waals surface area contributed by atoms with Gasteiger partial charge in [0.15, 0.2) is 0 Å². The molecule has 0 heterocycles. The van der Waals surface area contributed by atoms with Crippen molar-refractivity contribution in [3.05, 3.63) is 94.3 Å². The number of hydrogen-bond donors (Lipinski definition) is 1. The minimum atomic E-state index is -4.95. The predicted octanol–water partition coefficient (Wildman–Crippen LogP) is 5.60. The number of halogens is 4. The van der Waals surface area contributed by atoms with Gasteiger partial charge in [-0.05, 0) is 55.7 Å². The van der Waals surface area contributed by atoms with Crippen LogP contribution in [-0.4, -0.2) is 25.2 Å². The zero-order valence-electron chi connectivity index (χ0n) is 19.3. The first-order valence-corrected chi connectivity index (χ1v) is 12.0. The lowest BCUT2D eigenvalue weighted by molar-refractivity contribution is -0.140. The van der Waals surface area contributed by atoms with E-state index >= 15 is 0 Å². The largest absolute Gasteiger partial charge is 0.419 e. The van der Waals surface area contributed by atoms with Gasteiger partial charge in [-0.3, -0.25) is 4.79 Å². The number of aryl methyl sites for hydroxylation is 3. The maximum atomic E-state index is 13.7. The maximum absolute atomic E-state index is 13.7. The van der Waals surface area contributed by atoms with Gasteiger partial charge in [0.25, 0.3) is 0 Å². The SMILES string of the molecule is Cc1cc(C)c(S(=O)(=O)N(CC(=O)Nc2ccc(F)c(C(F)(F)F)c2)Cc2ccccc2)c(C)c1. The molecule has 0 radical (unpaired) electrons. The molecule has 0 aliphatic heterocycles. The summed E-state index contributed by atoms with van der Waals surface area (Å²) in [5.74, 6) is -2.35. The van der Waals surface area contributed by atoms with E-state index in [9.17, 15) is 30.8 Å². The third-order valence-electron chi connectivity index (χ3n) is 5.28. The number of carbonyl (C=O) groups excluding carboxylic acids is 1. The van der Waals surface area contributed by atoms with Crippen LogP contribution >= 0.6 is 0 Å². The predicted molar refractivity (Wildman–Crippen MR) is 125 cm³/mol. The van der Waals surface area contributed by atoms with E-state index in [-0.39, 0.29) is 17.1 Å². The zero-order valence-corrected chi connectivity index (χ0v) is 20.1. The van der Waals surface area contributed by atoms with E-state index in [0.717, 1.165) is 15.9 Å². The second-order valence-electron chi connectivity index (χ2n) is 8.23. The molecule has 0 unspecified atom stereocenters. The molecule has 10 heteroatoms. The van der Waals surface area contributed by atoms with Crippen molar-refractivity contribution < 1.29 is 30.8 Å². The van der Waals surface area contributed by atoms with Gasteiger partial charge in [-0.1, -0.05) is 48.0 Å². The van der Waals surface area contributed by atoms with Crippen LogP contribution in [0.3, 0.4) is 0 Å². The molecule has 186 valence electrons. The fraction of sp³-hybridized carbons (Fsp3) is 0.240. The van der Waals surface area contributed by atoms with Gasteiger partial charge in [0.1, 0.15) is 5.82 Å². The van der Waals surface area contributed by atoms with E-state index in [1.807, 2.05) is 6.92 Å². The van der Waals surface area contributed by atoms with Crippen LogP contribution in [0.2, 0.25) is 0 Å². The van der Waals surface area contributed by atoms with Crippen molar-refractivity contribution in [3.63, 3.8) is 0 Å². The molecular formula is C25H24F4N2O3S. The van der Waals surface area contributed by atoms with Gasteiger partial charge >= 0.3 is 6.18 Å². The van der Waals surface area contributed by atoms with Crippen LogP contribution in [0.4, 0.5) is 23.2 Å². The summed E-state index contributed by atoms with van der Waals surface area (Å²) in [5.41, 5.74) is 0.678. The van der Waals surface area contributed by atoms with Crippen LogP contribution in [0, 0.1) is 26.6 Å². The highest BCUT2D eigenvalue weighted by atomic mass is 32.2. The molecule has 1 N–H and O–H groups in total. The number of carbonyl (C=O) groups is 1. The van der Waals surface area contributed by atoms with Crippen molar-refractivity contribution >= 4 is 21.6 Å². The summed E-state index contributed by atoms with van der Waals surface area (Å²) in [4.78, 5) is 12.8. The molecule has 0 fully saturated rings. The van der Waals surface area contributed by atoms with E-state index in [4.69, 9.17) is 0 Å². The number of nitrogens with zero attached hydrogens (tertiary/aromatic N) is 1. The first kappa shape index (κ1) is 26.4. The Balaban J connectivity index is 1.95. The summed E-state index contributed by atoms with van der Waals surface area (Å²) in [7, 11) is -4.17. The van der Waals surface area contributed by atoms with Crippen LogP contribution in [0.25, 0.3) is 0 Å². The highest BCUT2D eigenvalue weighted by Crippen LogP contribution is 2.33. The third-order valence-corrected chi connectivity index (χ3v) is 7.38. The van der Waals surface area contributed by atoms with E-state index in [1.54, 1.807) is 56.3 Å². The lowest BCUT2D eigenvalue weighted by Crippen LogP contribution is -2.38. The minimum absolute atomic E-state index is 0.0629. The summed E-state index contributed by atoms with van der Waals surface area (Å²) in [6.07, 6.45) is -4.95. The first-order valence-electron chi connectivity index (χ1n) is 10.6.